The number of aryl methyl sites for hydroxylation is 3. The highest BCUT2D eigenvalue weighted by Gasteiger charge is 2.14. The van der Waals surface area contributed by atoms with Crippen LogP contribution in [0.5, 0.6) is 0 Å². The minimum absolute atomic E-state index is 0.00884. The lowest BCUT2D eigenvalue weighted by molar-refractivity contribution is 0.565. The van der Waals surface area contributed by atoms with Crippen molar-refractivity contribution in [1.29, 1.82) is 0 Å². The molecule has 0 bridgehead atoms. The van der Waals surface area contributed by atoms with Crippen LogP contribution < -0.4 is 5.73 Å². The Morgan fingerprint density at radius 2 is 2.05 bits per heavy atom. The second-order valence-corrected chi connectivity index (χ2v) is 5.03. The Morgan fingerprint density at radius 3 is 2.68 bits per heavy atom. The third-order valence-electron chi connectivity index (χ3n) is 3.44. The van der Waals surface area contributed by atoms with E-state index < -0.39 is 0 Å². The van der Waals surface area contributed by atoms with Gasteiger partial charge in [-0.1, -0.05) is 36.8 Å². The maximum Gasteiger partial charge on any atom is 0.0625 e. The Morgan fingerprint density at radius 1 is 1.26 bits per heavy atom. The van der Waals surface area contributed by atoms with Crippen LogP contribution in [0, 0.1) is 6.92 Å². The van der Waals surface area contributed by atoms with Gasteiger partial charge in [0.1, 0.15) is 0 Å². The summed E-state index contributed by atoms with van der Waals surface area (Å²) in [6.45, 7) is 7.21. The van der Waals surface area contributed by atoms with E-state index in [0.717, 1.165) is 30.8 Å². The first-order valence-corrected chi connectivity index (χ1v) is 7.01. The van der Waals surface area contributed by atoms with Gasteiger partial charge in [-0.05, 0) is 38.3 Å². The van der Waals surface area contributed by atoms with Crippen molar-refractivity contribution in [1.82, 2.24) is 9.78 Å². The van der Waals surface area contributed by atoms with Crippen LogP contribution >= 0.6 is 0 Å². The molecule has 1 unspecified atom stereocenters. The molecule has 0 spiro atoms. The molecule has 1 aromatic heterocycles. The van der Waals surface area contributed by atoms with E-state index in [4.69, 9.17) is 5.73 Å². The van der Waals surface area contributed by atoms with Crippen LogP contribution in [-0.2, 0) is 19.4 Å². The SMILES string of the molecule is CCc1cc(C(N)Cc2cccc(C)c2)n(CC)n1. The predicted octanol–water partition coefficient (Wildman–Crippen LogP) is 3.02. The van der Waals surface area contributed by atoms with Gasteiger partial charge in [0, 0.05) is 6.54 Å². The second-order valence-electron chi connectivity index (χ2n) is 5.03. The lowest BCUT2D eigenvalue weighted by Crippen LogP contribution is -2.18. The van der Waals surface area contributed by atoms with Crippen molar-refractivity contribution in [3.63, 3.8) is 0 Å². The van der Waals surface area contributed by atoms with Crippen LogP contribution in [0.1, 0.15) is 42.4 Å². The van der Waals surface area contributed by atoms with Crippen molar-refractivity contribution in [3.8, 4) is 0 Å². The molecule has 2 rings (SSSR count). The largest absolute Gasteiger partial charge is 0.322 e. The maximum absolute atomic E-state index is 6.36. The number of hydrogen-bond acceptors (Lipinski definition) is 2. The van der Waals surface area contributed by atoms with Crippen LogP contribution in [0.2, 0.25) is 0 Å². The molecule has 0 amide bonds. The third-order valence-corrected chi connectivity index (χ3v) is 3.44. The summed E-state index contributed by atoms with van der Waals surface area (Å²) < 4.78 is 2.03. The van der Waals surface area contributed by atoms with E-state index in [2.05, 4.69) is 56.2 Å². The fraction of sp³-hybridized carbons (Fsp3) is 0.438. The molecule has 3 nitrogen and oxygen atoms in total. The zero-order valence-corrected chi connectivity index (χ0v) is 12.1. The Kier molecular flexibility index (Phi) is 4.38. The van der Waals surface area contributed by atoms with E-state index in [1.807, 2.05) is 4.68 Å². The minimum Gasteiger partial charge on any atom is -0.322 e. The molecule has 2 aromatic rings. The van der Waals surface area contributed by atoms with Crippen molar-refractivity contribution >= 4 is 0 Å². The molecule has 1 aromatic carbocycles. The monoisotopic (exact) mass is 257 g/mol. The maximum atomic E-state index is 6.36. The van der Waals surface area contributed by atoms with Crippen LogP contribution in [0.15, 0.2) is 30.3 Å². The molecule has 0 aliphatic heterocycles. The molecule has 0 saturated carbocycles. The first-order valence-electron chi connectivity index (χ1n) is 7.01. The molecule has 0 fully saturated rings. The number of rotatable bonds is 5. The summed E-state index contributed by atoms with van der Waals surface area (Å²) in [5.74, 6) is 0. The lowest BCUT2D eigenvalue weighted by atomic mass is 10.0. The van der Waals surface area contributed by atoms with Crippen molar-refractivity contribution in [2.24, 2.45) is 5.73 Å². The van der Waals surface area contributed by atoms with Gasteiger partial charge < -0.3 is 5.73 Å². The molecule has 19 heavy (non-hydrogen) atoms. The van der Waals surface area contributed by atoms with Gasteiger partial charge in [0.15, 0.2) is 0 Å². The number of benzene rings is 1. The van der Waals surface area contributed by atoms with Crippen molar-refractivity contribution in [3.05, 3.63) is 52.8 Å². The molecule has 0 aliphatic rings. The normalized spacial score (nSPS) is 12.6. The zero-order valence-electron chi connectivity index (χ0n) is 12.1. The lowest BCUT2D eigenvalue weighted by Gasteiger charge is -2.13. The van der Waals surface area contributed by atoms with Gasteiger partial charge in [-0.2, -0.15) is 5.10 Å². The molecule has 3 heteroatoms. The summed E-state index contributed by atoms with van der Waals surface area (Å²) in [7, 11) is 0. The van der Waals surface area contributed by atoms with E-state index in [0.29, 0.717) is 0 Å². The summed E-state index contributed by atoms with van der Waals surface area (Å²) in [6.07, 6.45) is 1.81. The van der Waals surface area contributed by atoms with Gasteiger partial charge in [-0.15, -0.1) is 0 Å². The van der Waals surface area contributed by atoms with E-state index in [-0.39, 0.29) is 6.04 Å². The van der Waals surface area contributed by atoms with Gasteiger partial charge in [-0.3, -0.25) is 4.68 Å². The highest BCUT2D eigenvalue weighted by atomic mass is 15.3. The predicted molar refractivity (Wildman–Crippen MR) is 79.1 cm³/mol. The smallest absolute Gasteiger partial charge is 0.0625 e. The van der Waals surface area contributed by atoms with Gasteiger partial charge >= 0.3 is 0 Å². The summed E-state index contributed by atoms with van der Waals surface area (Å²) in [5, 5.41) is 4.56. The number of nitrogens with zero attached hydrogens (tertiary/aromatic N) is 2. The first-order chi connectivity index (χ1) is 9.13. The molecule has 0 saturated heterocycles. The first kappa shape index (κ1) is 13.8. The van der Waals surface area contributed by atoms with Crippen molar-refractivity contribution in [2.45, 2.75) is 46.2 Å². The molecule has 102 valence electrons. The number of nitrogens with two attached hydrogens (primary N) is 1. The summed E-state index contributed by atoms with van der Waals surface area (Å²) in [6, 6.07) is 10.7. The standard InChI is InChI=1S/C16H23N3/c1-4-14-11-16(19(5-2)18-14)15(17)10-13-8-6-7-12(3)9-13/h6-9,11,15H,4-5,10,17H2,1-3H3. The second kappa shape index (κ2) is 6.02. The Hall–Kier alpha value is -1.61. The average Bonchev–Trinajstić information content (AvgIpc) is 2.82. The quantitative estimate of drug-likeness (QED) is 0.894. The van der Waals surface area contributed by atoms with Crippen molar-refractivity contribution in [2.75, 3.05) is 0 Å². The fourth-order valence-corrected chi connectivity index (χ4v) is 2.41. The van der Waals surface area contributed by atoms with Crippen LogP contribution in [-0.4, -0.2) is 9.78 Å². The van der Waals surface area contributed by atoms with Gasteiger partial charge in [-0.25, -0.2) is 0 Å². The summed E-state index contributed by atoms with van der Waals surface area (Å²) >= 11 is 0. The Labute approximate surface area is 115 Å². The average molecular weight is 257 g/mol. The van der Waals surface area contributed by atoms with Crippen LogP contribution in [0.4, 0.5) is 0 Å². The van der Waals surface area contributed by atoms with E-state index in [1.165, 1.54) is 11.1 Å². The van der Waals surface area contributed by atoms with E-state index >= 15 is 0 Å². The molecule has 2 N–H and O–H groups in total. The topological polar surface area (TPSA) is 43.8 Å². The number of hydrogen-bond donors (Lipinski definition) is 1. The van der Waals surface area contributed by atoms with Crippen LogP contribution in [0.25, 0.3) is 0 Å². The zero-order chi connectivity index (χ0) is 13.8. The molecule has 1 heterocycles. The third kappa shape index (κ3) is 3.24. The summed E-state index contributed by atoms with van der Waals surface area (Å²) in [5.41, 5.74) is 11.2. The molecule has 1 atom stereocenters. The molecule has 0 aliphatic carbocycles. The van der Waals surface area contributed by atoms with Crippen molar-refractivity contribution < 1.29 is 0 Å². The molecular formula is C16H23N3. The Bertz CT molecular complexity index is 543. The van der Waals surface area contributed by atoms with E-state index in [9.17, 15) is 0 Å². The van der Waals surface area contributed by atoms with Crippen LogP contribution in [0.3, 0.4) is 0 Å². The Balaban J connectivity index is 2.19. The van der Waals surface area contributed by atoms with E-state index in [1.54, 1.807) is 0 Å². The highest BCUT2D eigenvalue weighted by Crippen LogP contribution is 2.18. The molecular weight excluding hydrogens is 234 g/mol. The number of aromatic nitrogens is 2. The summed E-state index contributed by atoms with van der Waals surface area (Å²) in [4.78, 5) is 0. The van der Waals surface area contributed by atoms with Gasteiger partial charge in [0.2, 0.25) is 0 Å². The van der Waals surface area contributed by atoms with Gasteiger partial charge in [0.05, 0.1) is 17.4 Å². The van der Waals surface area contributed by atoms with Gasteiger partial charge in [0.25, 0.3) is 0 Å². The minimum atomic E-state index is 0.00884. The highest BCUT2D eigenvalue weighted by molar-refractivity contribution is 5.25. The molecule has 0 radical (unpaired) electrons. The fourth-order valence-electron chi connectivity index (χ4n) is 2.41.